The van der Waals surface area contributed by atoms with Crippen LogP contribution >= 0.6 is 0 Å². The zero-order valence-electron chi connectivity index (χ0n) is 13.6. The van der Waals surface area contributed by atoms with Crippen LogP contribution in [0.3, 0.4) is 0 Å². The molecule has 3 aromatic rings. The summed E-state index contributed by atoms with van der Waals surface area (Å²) in [5.41, 5.74) is 8.88. The van der Waals surface area contributed by atoms with Crippen LogP contribution in [-0.2, 0) is 0 Å². The summed E-state index contributed by atoms with van der Waals surface area (Å²) in [5.74, 6) is 1.44. The number of hydrogen-bond donors (Lipinski definition) is 2. The highest BCUT2D eigenvalue weighted by atomic mass is 19.1. The Kier molecular flexibility index (Phi) is 3.72. The molecule has 0 saturated carbocycles. The van der Waals surface area contributed by atoms with Gasteiger partial charge in [0.1, 0.15) is 23.2 Å². The van der Waals surface area contributed by atoms with Crippen molar-refractivity contribution in [3.05, 3.63) is 77.4 Å². The van der Waals surface area contributed by atoms with Crippen molar-refractivity contribution in [2.24, 2.45) is 0 Å². The third-order valence-electron chi connectivity index (χ3n) is 4.49. The first-order chi connectivity index (χ1) is 12.2. The van der Waals surface area contributed by atoms with E-state index in [1.54, 1.807) is 37.7 Å². The molecule has 126 valence electrons. The molecule has 3 heterocycles. The number of hydrogen-bond acceptors (Lipinski definition) is 5. The number of anilines is 2. The minimum atomic E-state index is -0.264. The number of nitrogens with one attached hydrogen (secondary N) is 1. The lowest BCUT2D eigenvalue weighted by molar-refractivity contribution is 0.408. The molecule has 0 aliphatic carbocycles. The number of benzene rings is 1. The summed E-state index contributed by atoms with van der Waals surface area (Å²) >= 11 is 0. The van der Waals surface area contributed by atoms with Crippen LogP contribution in [0.15, 0.2) is 54.9 Å². The number of methoxy groups -OCH3 is 1. The molecule has 4 rings (SSSR count). The van der Waals surface area contributed by atoms with Crippen molar-refractivity contribution in [2.75, 3.05) is 18.2 Å². The molecule has 0 bridgehead atoms. The Morgan fingerprint density at radius 3 is 2.48 bits per heavy atom. The number of halogens is 1. The largest absolute Gasteiger partial charge is 0.496 e. The van der Waals surface area contributed by atoms with Crippen LogP contribution in [0.5, 0.6) is 5.75 Å². The predicted octanol–water partition coefficient (Wildman–Crippen LogP) is 3.51. The van der Waals surface area contributed by atoms with E-state index in [4.69, 9.17) is 10.5 Å². The number of rotatable bonds is 3. The van der Waals surface area contributed by atoms with Crippen molar-refractivity contribution < 1.29 is 9.13 Å². The van der Waals surface area contributed by atoms with E-state index in [0.29, 0.717) is 17.4 Å². The number of nitrogens with zero attached hydrogens (tertiary/aromatic N) is 2. The van der Waals surface area contributed by atoms with Gasteiger partial charge in [0.2, 0.25) is 0 Å². The Morgan fingerprint density at radius 2 is 1.80 bits per heavy atom. The third kappa shape index (κ3) is 2.65. The van der Waals surface area contributed by atoms with Crippen LogP contribution in [0.4, 0.5) is 16.0 Å². The Labute approximate surface area is 144 Å². The fourth-order valence-electron chi connectivity index (χ4n) is 3.40. The smallest absolute Gasteiger partial charge is 0.136 e. The van der Waals surface area contributed by atoms with Crippen molar-refractivity contribution in [1.82, 2.24) is 9.97 Å². The average molecular weight is 336 g/mol. The molecule has 0 spiro atoms. The van der Waals surface area contributed by atoms with E-state index in [1.165, 1.54) is 12.1 Å². The molecule has 0 radical (unpaired) electrons. The van der Waals surface area contributed by atoms with Gasteiger partial charge in [0, 0.05) is 29.9 Å². The van der Waals surface area contributed by atoms with E-state index in [-0.39, 0.29) is 17.8 Å². The van der Waals surface area contributed by atoms with Crippen molar-refractivity contribution in [1.29, 1.82) is 0 Å². The summed E-state index contributed by atoms with van der Waals surface area (Å²) in [7, 11) is 1.61. The first-order valence-electron chi connectivity index (χ1n) is 7.93. The number of ether oxygens (including phenoxy) is 1. The van der Waals surface area contributed by atoms with Crippen LogP contribution in [0, 0.1) is 5.82 Å². The number of nitrogens with two attached hydrogens (primary N) is 1. The Bertz CT molecular complexity index is 899. The molecule has 2 aromatic heterocycles. The molecule has 2 unspecified atom stereocenters. The highest BCUT2D eigenvalue weighted by Crippen LogP contribution is 2.50. The molecule has 6 heteroatoms. The normalized spacial score (nSPS) is 18.5. The maximum atomic E-state index is 13.4. The van der Waals surface area contributed by atoms with Gasteiger partial charge in [-0.05, 0) is 35.4 Å². The second-order valence-electron chi connectivity index (χ2n) is 5.94. The lowest BCUT2D eigenvalue weighted by Gasteiger charge is -2.22. The van der Waals surface area contributed by atoms with E-state index in [1.807, 2.05) is 12.1 Å². The Hall–Kier alpha value is -3.15. The van der Waals surface area contributed by atoms with Crippen LogP contribution in [0.25, 0.3) is 0 Å². The standard InChI is InChI=1S/C19H17FN4O/c1-25-14-10-15(21)23-19-17(14)16(11-6-8-22-9-7-11)18(24-19)12-2-4-13(20)5-3-12/h2-10,16,18H,1H3,(H3,21,23,24). The molecular formula is C19H17FN4O. The molecule has 5 nitrogen and oxygen atoms in total. The minimum Gasteiger partial charge on any atom is -0.496 e. The SMILES string of the molecule is COc1cc(N)nc2c1C(c1ccncc1)C(c1ccc(F)cc1)N2. The lowest BCUT2D eigenvalue weighted by Crippen LogP contribution is -2.13. The summed E-state index contributed by atoms with van der Waals surface area (Å²) in [6.07, 6.45) is 3.51. The quantitative estimate of drug-likeness (QED) is 0.766. The Morgan fingerprint density at radius 1 is 1.08 bits per heavy atom. The minimum absolute atomic E-state index is 0.0495. The zero-order chi connectivity index (χ0) is 17.4. The van der Waals surface area contributed by atoms with E-state index in [9.17, 15) is 4.39 Å². The molecule has 3 N–H and O–H groups in total. The van der Waals surface area contributed by atoms with Gasteiger partial charge in [0.15, 0.2) is 0 Å². The first-order valence-corrected chi connectivity index (χ1v) is 7.93. The molecule has 1 aromatic carbocycles. The molecule has 0 saturated heterocycles. The van der Waals surface area contributed by atoms with E-state index in [0.717, 1.165) is 16.7 Å². The fraction of sp³-hybridized carbons (Fsp3) is 0.158. The summed E-state index contributed by atoms with van der Waals surface area (Å²) in [5, 5.41) is 3.42. The van der Waals surface area contributed by atoms with Gasteiger partial charge in [-0.3, -0.25) is 4.98 Å². The summed E-state index contributed by atoms with van der Waals surface area (Å²) in [4.78, 5) is 8.53. The second-order valence-corrected chi connectivity index (χ2v) is 5.94. The maximum Gasteiger partial charge on any atom is 0.136 e. The van der Waals surface area contributed by atoms with Crippen molar-refractivity contribution in [3.63, 3.8) is 0 Å². The summed E-state index contributed by atoms with van der Waals surface area (Å²) in [6, 6.07) is 12.0. The van der Waals surface area contributed by atoms with Gasteiger partial charge in [-0.15, -0.1) is 0 Å². The van der Waals surface area contributed by atoms with Gasteiger partial charge < -0.3 is 15.8 Å². The number of aromatic nitrogens is 2. The van der Waals surface area contributed by atoms with E-state index >= 15 is 0 Å². The zero-order valence-corrected chi connectivity index (χ0v) is 13.6. The molecule has 0 fully saturated rings. The maximum absolute atomic E-state index is 13.4. The van der Waals surface area contributed by atoms with Gasteiger partial charge in [-0.1, -0.05) is 12.1 Å². The summed E-state index contributed by atoms with van der Waals surface area (Å²) in [6.45, 7) is 0. The molecule has 0 amide bonds. The number of fused-ring (bicyclic) bond motifs is 1. The molecule has 25 heavy (non-hydrogen) atoms. The van der Waals surface area contributed by atoms with Crippen molar-refractivity contribution in [3.8, 4) is 5.75 Å². The average Bonchev–Trinajstić information content (AvgIpc) is 3.01. The molecule has 1 aliphatic rings. The molecular weight excluding hydrogens is 319 g/mol. The van der Waals surface area contributed by atoms with Crippen LogP contribution < -0.4 is 15.8 Å². The number of pyridine rings is 2. The van der Waals surface area contributed by atoms with Crippen LogP contribution in [0.1, 0.15) is 28.7 Å². The van der Waals surface area contributed by atoms with E-state index < -0.39 is 0 Å². The van der Waals surface area contributed by atoms with E-state index in [2.05, 4.69) is 15.3 Å². The fourth-order valence-corrected chi connectivity index (χ4v) is 3.40. The molecule has 2 atom stereocenters. The Balaban J connectivity index is 1.89. The van der Waals surface area contributed by atoms with Gasteiger partial charge in [0.25, 0.3) is 0 Å². The second kappa shape index (κ2) is 6.05. The van der Waals surface area contributed by atoms with Gasteiger partial charge in [-0.25, -0.2) is 9.37 Å². The van der Waals surface area contributed by atoms with Crippen LogP contribution in [0.2, 0.25) is 0 Å². The summed E-state index contributed by atoms with van der Waals surface area (Å²) < 4.78 is 18.9. The van der Waals surface area contributed by atoms with Crippen molar-refractivity contribution >= 4 is 11.6 Å². The van der Waals surface area contributed by atoms with Crippen molar-refractivity contribution in [2.45, 2.75) is 12.0 Å². The predicted molar refractivity (Wildman–Crippen MR) is 94.0 cm³/mol. The monoisotopic (exact) mass is 336 g/mol. The molecule has 1 aliphatic heterocycles. The highest BCUT2D eigenvalue weighted by molar-refractivity contribution is 5.67. The highest BCUT2D eigenvalue weighted by Gasteiger charge is 2.38. The topological polar surface area (TPSA) is 73.1 Å². The van der Waals surface area contributed by atoms with Gasteiger partial charge in [0.05, 0.1) is 13.2 Å². The third-order valence-corrected chi connectivity index (χ3v) is 4.49. The van der Waals surface area contributed by atoms with Crippen LogP contribution in [-0.4, -0.2) is 17.1 Å². The number of nitrogen functional groups attached to an aromatic ring is 1. The first kappa shape index (κ1) is 15.4. The van der Waals surface area contributed by atoms with Gasteiger partial charge in [-0.2, -0.15) is 0 Å². The van der Waals surface area contributed by atoms with Gasteiger partial charge >= 0.3 is 0 Å². The lowest BCUT2D eigenvalue weighted by atomic mass is 9.85.